The van der Waals surface area contributed by atoms with Crippen LogP contribution < -0.4 is 9.46 Å². The van der Waals surface area contributed by atoms with Gasteiger partial charge in [-0.05, 0) is 42.0 Å². The predicted molar refractivity (Wildman–Crippen MR) is 98.0 cm³/mol. The lowest BCUT2D eigenvalue weighted by atomic mass is 10.1. The first-order valence-corrected chi connectivity index (χ1v) is 9.88. The van der Waals surface area contributed by atoms with Crippen LogP contribution in [0.3, 0.4) is 0 Å². The Labute approximate surface area is 154 Å². The molecule has 1 N–H and O–H groups in total. The van der Waals surface area contributed by atoms with Crippen molar-refractivity contribution in [1.82, 2.24) is 10.2 Å². The minimum absolute atomic E-state index is 0.115. The molecule has 0 fully saturated rings. The lowest BCUT2D eigenvalue weighted by Crippen LogP contribution is -2.12. The summed E-state index contributed by atoms with van der Waals surface area (Å²) in [7, 11) is -2.11. The van der Waals surface area contributed by atoms with Gasteiger partial charge in [0.2, 0.25) is 5.13 Å². The first kappa shape index (κ1) is 17.7. The van der Waals surface area contributed by atoms with E-state index in [0.29, 0.717) is 16.5 Å². The van der Waals surface area contributed by atoms with Gasteiger partial charge in [0.15, 0.2) is 0 Å². The second-order valence-electron chi connectivity index (χ2n) is 5.09. The number of ether oxygens (including phenoxy) is 1. The van der Waals surface area contributed by atoms with E-state index in [1.54, 1.807) is 7.11 Å². The van der Waals surface area contributed by atoms with Gasteiger partial charge in [0, 0.05) is 11.4 Å². The number of anilines is 1. The summed E-state index contributed by atoms with van der Waals surface area (Å²) in [5.74, 6) is 0.775. The molecule has 0 radical (unpaired) electrons. The molecule has 0 saturated heterocycles. The summed E-state index contributed by atoms with van der Waals surface area (Å²) >= 11 is 6.97. The fourth-order valence-corrected chi connectivity index (χ4v) is 4.20. The molecule has 0 amide bonds. The second-order valence-corrected chi connectivity index (χ2v) is 8.27. The molecule has 0 unspecified atom stereocenters. The molecule has 2 aromatic carbocycles. The summed E-state index contributed by atoms with van der Waals surface area (Å²) in [5.41, 5.74) is 1.03. The summed E-state index contributed by atoms with van der Waals surface area (Å²) in [6.07, 6.45) is 0.560. The molecule has 25 heavy (non-hydrogen) atoms. The van der Waals surface area contributed by atoms with Crippen molar-refractivity contribution in [2.24, 2.45) is 0 Å². The zero-order valence-corrected chi connectivity index (χ0v) is 15.5. The number of methoxy groups -OCH3 is 1. The molecule has 0 aliphatic carbocycles. The molecule has 9 heteroatoms. The first-order chi connectivity index (χ1) is 12.0. The van der Waals surface area contributed by atoms with Crippen LogP contribution >= 0.6 is 22.9 Å². The van der Waals surface area contributed by atoms with Gasteiger partial charge in [0.1, 0.15) is 10.8 Å². The van der Waals surface area contributed by atoms with Gasteiger partial charge in [-0.1, -0.05) is 35.1 Å². The molecule has 0 bridgehead atoms. The van der Waals surface area contributed by atoms with Crippen LogP contribution in [-0.4, -0.2) is 25.7 Å². The van der Waals surface area contributed by atoms with Crippen molar-refractivity contribution >= 4 is 38.1 Å². The van der Waals surface area contributed by atoms with Gasteiger partial charge < -0.3 is 4.74 Å². The maximum atomic E-state index is 12.3. The number of aromatic nitrogens is 2. The average molecular weight is 396 g/mol. The van der Waals surface area contributed by atoms with E-state index in [1.807, 2.05) is 24.3 Å². The van der Waals surface area contributed by atoms with Crippen LogP contribution in [0.4, 0.5) is 5.13 Å². The number of sulfonamides is 1. The lowest BCUT2D eigenvalue weighted by molar-refractivity contribution is 0.414. The van der Waals surface area contributed by atoms with Crippen LogP contribution in [0, 0.1) is 0 Å². The smallest absolute Gasteiger partial charge is 0.263 e. The molecule has 1 aromatic heterocycles. The molecule has 0 aliphatic heterocycles. The molecule has 0 spiro atoms. The fourth-order valence-electron chi connectivity index (χ4n) is 2.07. The number of benzene rings is 2. The molecule has 0 saturated carbocycles. The third-order valence-electron chi connectivity index (χ3n) is 3.33. The maximum Gasteiger partial charge on any atom is 0.263 e. The molecule has 0 aliphatic rings. The van der Waals surface area contributed by atoms with Crippen molar-refractivity contribution in [2.75, 3.05) is 11.8 Å². The number of rotatable bonds is 6. The Bertz CT molecular complexity index is 955. The van der Waals surface area contributed by atoms with Crippen molar-refractivity contribution in [3.63, 3.8) is 0 Å². The van der Waals surface area contributed by atoms with Gasteiger partial charge in [-0.3, -0.25) is 4.72 Å². The summed E-state index contributed by atoms with van der Waals surface area (Å²) < 4.78 is 32.2. The Hall–Kier alpha value is -2.16. The third-order valence-corrected chi connectivity index (χ3v) is 5.90. The molecule has 3 rings (SSSR count). The van der Waals surface area contributed by atoms with E-state index in [1.165, 1.54) is 35.6 Å². The van der Waals surface area contributed by atoms with Crippen molar-refractivity contribution in [1.29, 1.82) is 0 Å². The van der Waals surface area contributed by atoms with Crippen LogP contribution in [0.1, 0.15) is 10.6 Å². The van der Waals surface area contributed by atoms with Gasteiger partial charge in [-0.2, -0.15) is 0 Å². The number of hydrogen-bond acceptors (Lipinski definition) is 6. The van der Waals surface area contributed by atoms with E-state index in [-0.39, 0.29) is 10.0 Å². The minimum atomic E-state index is -3.72. The highest BCUT2D eigenvalue weighted by Crippen LogP contribution is 2.23. The zero-order chi connectivity index (χ0) is 17.9. The first-order valence-electron chi connectivity index (χ1n) is 7.20. The third kappa shape index (κ3) is 4.47. The van der Waals surface area contributed by atoms with Crippen molar-refractivity contribution < 1.29 is 13.2 Å². The Balaban J connectivity index is 1.71. The van der Waals surface area contributed by atoms with E-state index in [2.05, 4.69) is 14.9 Å². The maximum absolute atomic E-state index is 12.3. The topological polar surface area (TPSA) is 81.2 Å². The highest BCUT2D eigenvalue weighted by atomic mass is 35.5. The van der Waals surface area contributed by atoms with Crippen molar-refractivity contribution in [2.45, 2.75) is 11.3 Å². The van der Waals surface area contributed by atoms with Crippen LogP contribution in [0.25, 0.3) is 0 Å². The van der Waals surface area contributed by atoms with Gasteiger partial charge >= 0.3 is 0 Å². The Kier molecular flexibility index (Phi) is 5.22. The second kappa shape index (κ2) is 7.38. The van der Waals surface area contributed by atoms with Gasteiger partial charge in [0.25, 0.3) is 10.0 Å². The van der Waals surface area contributed by atoms with Crippen LogP contribution in [0.2, 0.25) is 5.02 Å². The lowest BCUT2D eigenvalue weighted by Gasteiger charge is -2.04. The SMILES string of the molecule is COc1ccc(Cc2nnc(NS(=O)(=O)c3ccc(Cl)cc3)s2)cc1. The average Bonchev–Trinajstić information content (AvgIpc) is 3.02. The normalized spacial score (nSPS) is 11.3. The summed E-state index contributed by atoms with van der Waals surface area (Å²) in [5, 5.41) is 9.33. The summed E-state index contributed by atoms with van der Waals surface area (Å²) in [6.45, 7) is 0. The van der Waals surface area contributed by atoms with Gasteiger partial charge in [-0.15, -0.1) is 10.2 Å². The predicted octanol–water partition coefficient (Wildman–Crippen LogP) is 3.59. The van der Waals surface area contributed by atoms with Crippen LogP contribution in [-0.2, 0) is 16.4 Å². The molecule has 0 atom stereocenters. The highest BCUT2D eigenvalue weighted by molar-refractivity contribution is 7.93. The summed E-state index contributed by atoms with van der Waals surface area (Å²) in [4.78, 5) is 0.115. The van der Waals surface area contributed by atoms with E-state index in [0.717, 1.165) is 11.3 Å². The molecular weight excluding hydrogens is 382 g/mol. The Morgan fingerprint density at radius 3 is 2.40 bits per heavy atom. The van der Waals surface area contributed by atoms with E-state index < -0.39 is 10.0 Å². The van der Waals surface area contributed by atoms with Gasteiger partial charge in [0.05, 0.1) is 12.0 Å². The standard InChI is InChI=1S/C16H14ClN3O3S2/c1-23-13-6-2-11(3-7-13)10-15-18-19-16(24-15)20-25(21,22)14-8-4-12(17)5-9-14/h2-9H,10H2,1H3,(H,19,20). The van der Waals surface area contributed by atoms with Crippen LogP contribution in [0.15, 0.2) is 53.4 Å². The molecule has 130 valence electrons. The number of nitrogens with zero attached hydrogens (tertiary/aromatic N) is 2. The number of halogens is 1. The largest absolute Gasteiger partial charge is 0.497 e. The van der Waals surface area contributed by atoms with E-state index in [9.17, 15) is 8.42 Å². The number of nitrogens with one attached hydrogen (secondary N) is 1. The van der Waals surface area contributed by atoms with E-state index in [4.69, 9.17) is 16.3 Å². The van der Waals surface area contributed by atoms with Gasteiger partial charge in [-0.25, -0.2) is 8.42 Å². The molecule has 3 aromatic rings. The minimum Gasteiger partial charge on any atom is -0.497 e. The molecule has 1 heterocycles. The highest BCUT2D eigenvalue weighted by Gasteiger charge is 2.17. The van der Waals surface area contributed by atoms with Crippen molar-refractivity contribution in [3.8, 4) is 5.75 Å². The van der Waals surface area contributed by atoms with Crippen LogP contribution in [0.5, 0.6) is 5.75 Å². The van der Waals surface area contributed by atoms with Crippen molar-refractivity contribution in [3.05, 3.63) is 64.1 Å². The quantitative estimate of drug-likeness (QED) is 0.689. The Morgan fingerprint density at radius 1 is 1.08 bits per heavy atom. The molecule has 6 nitrogen and oxygen atoms in total. The summed E-state index contributed by atoms with van der Waals surface area (Å²) in [6, 6.07) is 13.5. The Morgan fingerprint density at radius 2 is 1.76 bits per heavy atom. The van der Waals surface area contributed by atoms with E-state index >= 15 is 0 Å². The number of hydrogen-bond donors (Lipinski definition) is 1. The monoisotopic (exact) mass is 395 g/mol. The fraction of sp³-hybridized carbons (Fsp3) is 0.125. The molecular formula is C16H14ClN3O3S2. The zero-order valence-electron chi connectivity index (χ0n) is 13.1.